The third-order valence-electron chi connectivity index (χ3n) is 4.79. The summed E-state index contributed by atoms with van der Waals surface area (Å²) in [6.07, 6.45) is 1.51. The molecule has 1 aromatic heterocycles. The lowest BCUT2D eigenvalue weighted by molar-refractivity contribution is 0.122. The Balaban J connectivity index is 1.56. The number of sulfonamides is 1. The number of hydrogen-bond acceptors (Lipinski definition) is 7. The fourth-order valence-electron chi connectivity index (χ4n) is 3.09. The molecule has 0 aliphatic carbocycles. The van der Waals surface area contributed by atoms with Gasteiger partial charge in [0.1, 0.15) is 18.0 Å². The Morgan fingerprint density at radius 2 is 1.71 bits per heavy atom. The second-order valence-corrected chi connectivity index (χ2v) is 8.62. The number of hydrogen-bond donors (Lipinski definition) is 2. The molecule has 0 spiro atoms. The van der Waals surface area contributed by atoms with E-state index in [9.17, 15) is 8.42 Å². The van der Waals surface area contributed by atoms with E-state index in [1.165, 1.54) is 6.33 Å². The Morgan fingerprint density at radius 1 is 1.00 bits per heavy atom. The van der Waals surface area contributed by atoms with Crippen LogP contribution in [0, 0.1) is 20.8 Å². The molecule has 8 nitrogen and oxygen atoms in total. The van der Waals surface area contributed by atoms with Gasteiger partial charge in [-0.05, 0) is 43.5 Å². The van der Waals surface area contributed by atoms with Gasteiger partial charge in [-0.15, -0.1) is 0 Å². The molecule has 1 aliphatic heterocycles. The Labute approximate surface area is 166 Å². The van der Waals surface area contributed by atoms with Gasteiger partial charge in [-0.25, -0.2) is 23.1 Å². The summed E-state index contributed by atoms with van der Waals surface area (Å²) in [5, 5.41) is 3.15. The minimum absolute atomic E-state index is 0.256. The van der Waals surface area contributed by atoms with Crippen molar-refractivity contribution in [3.8, 4) is 0 Å². The second kappa shape index (κ2) is 8.85. The zero-order valence-electron chi connectivity index (χ0n) is 16.5. The van der Waals surface area contributed by atoms with E-state index in [2.05, 4.69) is 24.9 Å². The van der Waals surface area contributed by atoms with Crippen LogP contribution in [-0.2, 0) is 14.8 Å². The molecule has 3 rings (SSSR count). The molecule has 2 heterocycles. The Bertz CT molecular complexity index is 927. The number of nitrogens with one attached hydrogen (secondary N) is 2. The van der Waals surface area contributed by atoms with Crippen molar-refractivity contribution in [2.45, 2.75) is 25.7 Å². The van der Waals surface area contributed by atoms with Crippen molar-refractivity contribution in [2.24, 2.45) is 0 Å². The molecule has 28 heavy (non-hydrogen) atoms. The smallest absolute Gasteiger partial charge is 0.240 e. The summed E-state index contributed by atoms with van der Waals surface area (Å²) in [6, 6.07) is 5.49. The molecule has 1 aromatic carbocycles. The van der Waals surface area contributed by atoms with Crippen LogP contribution < -0.4 is 14.9 Å². The molecule has 1 fully saturated rings. The summed E-state index contributed by atoms with van der Waals surface area (Å²) in [7, 11) is -3.55. The maximum Gasteiger partial charge on any atom is 0.240 e. The summed E-state index contributed by atoms with van der Waals surface area (Å²) in [4.78, 5) is 11.0. The van der Waals surface area contributed by atoms with Gasteiger partial charge in [0.2, 0.25) is 10.0 Å². The van der Waals surface area contributed by atoms with Gasteiger partial charge >= 0.3 is 0 Å². The largest absolute Gasteiger partial charge is 0.378 e. The first-order valence-corrected chi connectivity index (χ1v) is 10.8. The third-order valence-corrected chi connectivity index (χ3v) is 6.39. The van der Waals surface area contributed by atoms with Crippen LogP contribution in [0.1, 0.15) is 16.7 Å². The van der Waals surface area contributed by atoms with Crippen molar-refractivity contribution in [1.82, 2.24) is 14.7 Å². The van der Waals surface area contributed by atoms with Crippen LogP contribution in [-0.4, -0.2) is 57.8 Å². The number of morpholine rings is 1. The van der Waals surface area contributed by atoms with Crippen LogP contribution >= 0.6 is 0 Å². The minimum atomic E-state index is -3.55. The summed E-state index contributed by atoms with van der Waals surface area (Å²) >= 11 is 0. The lowest BCUT2D eigenvalue weighted by Gasteiger charge is -2.27. The normalized spacial score (nSPS) is 14.9. The minimum Gasteiger partial charge on any atom is -0.378 e. The topological polar surface area (TPSA) is 96.5 Å². The predicted octanol–water partition coefficient (Wildman–Crippen LogP) is 1.63. The van der Waals surface area contributed by atoms with Gasteiger partial charge in [-0.1, -0.05) is 6.07 Å². The number of anilines is 2. The molecular weight excluding hydrogens is 378 g/mol. The molecular formula is C19H27N5O3S. The summed E-state index contributed by atoms with van der Waals surface area (Å²) in [6.45, 7) is 9.34. The first-order chi connectivity index (χ1) is 13.4. The van der Waals surface area contributed by atoms with Gasteiger partial charge in [0.25, 0.3) is 0 Å². The maximum absolute atomic E-state index is 12.6. The van der Waals surface area contributed by atoms with E-state index < -0.39 is 10.0 Å². The molecule has 1 aliphatic rings. The highest BCUT2D eigenvalue weighted by molar-refractivity contribution is 7.89. The van der Waals surface area contributed by atoms with Crippen LogP contribution in [0.5, 0.6) is 0 Å². The van der Waals surface area contributed by atoms with Gasteiger partial charge < -0.3 is 15.0 Å². The molecule has 0 saturated carbocycles. The summed E-state index contributed by atoms with van der Waals surface area (Å²) in [5.74, 6) is 1.50. The molecule has 0 unspecified atom stereocenters. The van der Waals surface area contributed by atoms with E-state index in [-0.39, 0.29) is 6.54 Å². The quantitative estimate of drug-likeness (QED) is 0.676. The molecule has 9 heteroatoms. The van der Waals surface area contributed by atoms with Crippen LogP contribution in [0.4, 0.5) is 11.6 Å². The molecule has 152 valence electrons. The first-order valence-electron chi connectivity index (χ1n) is 9.33. The molecule has 0 radical (unpaired) electrons. The van der Waals surface area contributed by atoms with Crippen LogP contribution in [0.3, 0.4) is 0 Å². The van der Waals surface area contributed by atoms with E-state index in [1.807, 2.05) is 32.9 Å². The monoisotopic (exact) mass is 405 g/mol. The standard InChI is InChI=1S/C19H27N5O3S/c1-14-10-16(3)17(11-15(14)2)28(25,26)23-5-4-20-18-12-19(22-13-21-18)24-6-8-27-9-7-24/h10-13,23H,4-9H2,1-3H3,(H,20,21,22). The van der Waals surface area contributed by atoms with Crippen molar-refractivity contribution >= 4 is 21.7 Å². The Kier molecular flexibility index (Phi) is 6.48. The molecule has 0 bridgehead atoms. The van der Waals surface area contributed by atoms with E-state index in [0.29, 0.717) is 30.5 Å². The summed E-state index contributed by atoms with van der Waals surface area (Å²) < 4.78 is 33.2. The molecule has 0 amide bonds. The Hall–Kier alpha value is -2.23. The third kappa shape index (κ3) is 4.98. The zero-order valence-corrected chi connectivity index (χ0v) is 17.3. The fourth-order valence-corrected chi connectivity index (χ4v) is 4.43. The van der Waals surface area contributed by atoms with Gasteiger partial charge in [-0.3, -0.25) is 0 Å². The highest BCUT2D eigenvalue weighted by atomic mass is 32.2. The highest BCUT2D eigenvalue weighted by Crippen LogP contribution is 2.20. The van der Waals surface area contributed by atoms with Gasteiger partial charge in [0.05, 0.1) is 18.1 Å². The second-order valence-electron chi connectivity index (χ2n) is 6.89. The van der Waals surface area contributed by atoms with E-state index in [1.54, 1.807) is 6.07 Å². The molecule has 1 saturated heterocycles. The summed E-state index contributed by atoms with van der Waals surface area (Å²) in [5.41, 5.74) is 2.79. The van der Waals surface area contributed by atoms with E-state index in [4.69, 9.17) is 4.74 Å². The van der Waals surface area contributed by atoms with E-state index >= 15 is 0 Å². The van der Waals surface area contributed by atoms with E-state index in [0.717, 1.165) is 35.6 Å². The first kappa shape index (κ1) is 20.5. The van der Waals surface area contributed by atoms with Crippen molar-refractivity contribution in [1.29, 1.82) is 0 Å². The lowest BCUT2D eigenvalue weighted by atomic mass is 10.1. The number of aryl methyl sites for hydroxylation is 3. The predicted molar refractivity (Wildman–Crippen MR) is 109 cm³/mol. The average molecular weight is 406 g/mol. The van der Waals surface area contributed by atoms with Crippen molar-refractivity contribution in [3.63, 3.8) is 0 Å². The number of ether oxygens (including phenoxy) is 1. The number of rotatable bonds is 7. The SMILES string of the molecule is Cc1cc(C)c(S(=O)(=O)NCCNc2cc(N3CCOCC3)ncn2)cc1C. The number of aromatic nitrogens is 2. The average Bonchev–Trinajstić information content (AvgIpc) is 2.69. The van der Waals surface area contributed by atoms with Crippen molar-refractivity contribution < 1.29 is 13.2 Å². The zero-order chi connectivity index (χ0) is 20.1. The van der Waals surface area contributed by atoms with Crippen molar-refractivity contribution in [3.05, 3.63) is 41.2 Å². The van der Waals surface area contributed by atoms with Gasteiger partial charge in [0, 0.05) is 32.2 Å². The molecule has 0 atom stereocenters. The highest BCUT2D eigenvalue weighted by Gasteiger charge is 2.17. The maximum atomic E-state index is 12.6. The van der Waals surface area contributed by atoms with Gasteiger partial charge in [0.15, 0.2) is 0 Å². The lowest BCUT2D eigenvalue weighted by Crippen LogP contribution is -2.36. The van der Waals surface area contributed by atoms with Crippen molar-refractivity contribution in [2.75, 3.05) is 49.6 Å². The number of nitrogens with zero attached hydrogens (tertiary/aromatic N) is 3. The van der Waals surface area contributed by atoms with Crippen LogP contribution in [0.25, 0.3) is 0 Å². The molecule has 2 N–H and O–H groups in total. The fraction of sp³-hybridized carbons (Fsp3) is 0.474. The van der Waals surface area contributed by atoms with Crippen LogP contribution in [0.15, 0.2) is 29.4 Å². The molecule has 2 aromatic rings. The van der Waals surface area contributed by atoms with Crippen LogP contribution in [0.2, 0.25) is 0 Å². The van der Waals surface area contributed by atoms with Gasteiger partial charge in [-0.2, -0.15) is 0 Å². The number of benzene rings is 1. The Morgan fingerprint density at radius 3 is 2.46 bits per heavy atom.